The van der Waals surface area contributed by atoms with Crippen molar-refractivity contribution in [3.8, 4) is 17.2 Å². The van der Waals surface area contributed by atoms with Gasteiger partial charge in [0.15, 0.2) is 11.5 Å². The molecule has 24 heavy (non-hydrogen) atoms. The van der Waals surface area contributed by atoms with Crippen LogP contribution in [0.5, 0.6) is 17.2 Å². The Morgan fingerprint density at radius 1 is 1.17 bits per heavy atom. The molecule has 0 saturated heterocycles. The van der Waals surface area contributed by atoms with E-state index in [-0.39, 0.29) is 19.1 Å². The Morgan fingerprint density at radius 2 is 1.88 bits per heavy atom. The summed E-state index contributed by atoms with van der Waals surface area (Å²) in [7, 11) is 1.57. The van der Waals surface area contributed by atoms with Gasteiger partial charge < -0.3 is 19.5 Å². The summed E-state index contributed by atoms with van der Waals surface area (Å²) in [5.41, 5.74) is 1.84. The minimum atomic E-state index is -0.511. The molecule has 2 aromatic carbocycles. The molecule has 2 heterocycles. The molecule has 3 amide bonds. The number of methoxy groups -OCH3 is 1. The molecule has 0 aliphatic carbocycles. The van der Waals surface area contributed by atoms with Crippen LogP contribution in [0, 0.1) is 0 Å². The average Bonchev–Trinajstić information content (AvgIpc) is 3.15. The van der Waals surface area contributed by atoms with Crippen LogP contribution in [0.1, 0.15) is 5.56 Å². The number of nitrogens with one attached hydrogen (secondary N) is 1. The van der Waals surface area contributed by atoms with Crippen molar-refractivity contribution >= 4 is 23.3 Å². The van der Waals surface area contributed by atoms with Gasteiger partial charge in [-0.05, 0) is 35.9 Å². The Balaban J connectivity index is 1.60. The van der Waals surface area contributed by atoms with E-state index in [0.717, 1.165) is 10.5 Å². The minimum Gasteiger partial charge on any atom is -0.497 e. The number of hydrogen-bond acceptors (Lipinski definition) is 5. The van der Waals surface area contributed by atoms with Crippen LogP contribution in [0.25, 0.3) is 0 Å². The van der Waals surface area contributed by atoms with Crippen LogP contribution >= 0.6 is 0 Å². The van der Waals surface area contributed by atoms with Gasteiger partial charge in [0, 0.05) is 11.8 Å². The molecule has 0 saturated carbocycles. The molecule has 0 unspecified atom stereocenters. The largest absolute Gasteiger partial charge is 0.497 e. The Kier molecular flexibility index (Phi) is 3.26. The second kappa shape index (κ2) is 5.45. The predicted octanol–water partition coefficient (Wildman–Crippen LogP) is 2.55. The molecule has 2 aliphatic heterocycles. The summed E-state index contributed by atoms with van der Waals surface area (Å²) in [4.78, 5) is 25.9. The summed E-state index contributed by atoms with van der Waals surface area (Å²) in [6.07, 6.45) is 0.155. The molecule has 2 aliphatic rings. The van der Waals surface area contributed by atoms with Gasteiger partial charge in [-0.25, -0.2) is 9.69 Å². The normalized spacial score (nSPS) is 14.5. The number of carbonyl (C=O) groups excluding carboxylic acids is 2. The topological polar surface area (TPSA) is 77.1 Å². The summed E-state index contributed by atoms with van der Waals surface area (Å²) in [6, 6.07) is 9.77. The highest BCUT2D eigenvalue weighted by atomic mass is 16.7. The number of amides is 3. The number of anilines is 2. The van der Waals surface area contributed by atoms with Crippen molar-refractivity contribution in [3.63, 3.8) is 0 Å². The third kappa shape index (κ3) is 2.30. The van der Waals surface area contributed by atoms with Gasteiger partial charge in [-0.15, -0.1) is 0 Å². The second-order valence-corrected chi connectivity index (χ2v) is 5.40. The van der Waals surface area contributed by atoms with E-state index in [1.165, 1.54) is 0 Å². The first-order chi connectivity index (χ1) is 11.7. The van der Waals surface area contributed by atoms with Crippen molar-refractivity contribution in [3.05, 3.63) is 42.0 Å². The van der Waals surface area contributed by atoms with E-state index in [9.17, 15) is 9.59 Å². The lowest BCUT2D eigenvalue weighted by molar-refractivity contribution is -0.116. The third-order valence-corrected chi connectivity index (χ3v) is 3.95. The SMILES string of the molecule is COc1ccc(NC(=O)N2C(=O)Cc3cc4c(cc32)OCO4)cc1. The maximum Gasteiger partial charge on any atom is 0.333 e. The molecular weight excluding hydrogens is 312 g/mol. The van der Waals surface area contributed by atoms with Crippen LogP contribution in [0.4, 0.5) is 16.2 Å². The van der Waals surface area contributed by atoms with Gasteiger partial charge in [0.1, 0.15) is 5.75 Å². The first kappa shape index (κ1) is 14.4. The van der Waals surface area contributed by atoms with E-state index in [0.29, 0.717) is 28.6 Å². The van der Waals surface area contributed by atoms with Crippen LogP contribution < -0.4 is 24.4 Å². The molecule has 122 valence electrons. The number of hydrogen-bond donors (Lipinski definition) is 1. The van der Waals surface area contributed by atoms with Gasteiger partial charge in [-0.3, -0.25) is 4.79 Å². The van der Waals surface area contributed by atoms with Crippen molar-refractivity contribution < 1.29 is 23.8 Å². The number of benzene rings is 2. The number of imide groups is 1. The zero-order valence-corrected chi connectivity index (χ0v) is 12.9. The lowest BCUT2D eigenvalue weighted by Crippen LogP contribution is -2.37. The van der Waals surface area contributed by atoms with Crippen LogP contribution in [-0.4, -0.2) is 25.8 Å². The summed E-state index contributed by atoms with van der Waals surface area (Å²) in [5, 5.41) is 2.71. The molecule has 0 radical (unpaired) electrons. The standard InChI is InChI=1S/C17H14N2O5/c1-22-12-4-2-11(3-5-12)18-17(21)19-13-8-15-14(23-9-24-15)6-10(13)7-16(19)20/h2-6,8H,7,9H2,1H3,(H,18,21). The maximum atomic E-state index is 12.5. The molecule has 2 aromatic rings. The number of ether oxygens (including phenoxy) is 3. The maximum absolute atomic E-state index is 12.5. The number of nitrogens with zero attached hydrogens (tertiary/aromatic N) is 1. The highest BCUT2D eigenvalue weighted by Gasteiger charge is 2.35. The Bertz CT molecular complexity index is 832. The average molecular weight is 326 g/mol. The van der Waals surface area contributed by atoms with Crippen molar-refractivity contribution in [2.24, 2.45) is 0 Å². The second-order valence-electron chi connectivity index (χ2n) is 5.40. The highest BCUT2D eigenvalue weighted by molar-refractivity contribution is 6.22. The molecule has 1 N–H and O–H groups in total. The molecule has 0 spiro atoms. The summed E-state index contributed by atoms with van der Waals surface area (Å²) in [5.74, 6) is 1.52. The van der Waals surface area contributed by atoms with E-state index in [2.05, 4.69) is 5.32 Å². The molecule has 0 fully saturated rings. The molecule has 0 atom stereocenters. The summed E-state index contributed by atoms with van der Waals surface area (Å²) >= 11 is 0. The third-order valence-electron chi connectivity index (χ3n) is 3.95. The Morgan fingerprint density at radius 3 is 2.58 bits per heavy atom. The Hall–Kier alpha value is -3.22. The number of fused-ring (bicyclic) bond motifs is 2. The van der Waals surface area contributed by atoms with Gasteiger partial charge >= 0.3 is 6.03 Å². The van der Waals surface area contributed by atoms with Crippen LogP contribution in [0.3, 0.4) is 0 Å². The number of carbonyl (C=O) groups is 2. The summed E-state index contributed by atoms with van der Waals surface area (Å²) in [6.45, 7) is 0.143. The highest BCUT2D eigenvalue weighted by Crippen LogP contribution is 2.41. The smallest absolute Gasteiger partial charge is 0.333 e. The fraction of sp³-hybridized carbons (Fsp3) is 0.176. The van der Waals surface area contributed by atoms with Gasteiger partial charge in [0.25, 0.3) is 0 Å². The molecule has 0 bridgehead atoms. The van der Waals surface area contributed by atoms with Gasteiger partial charge in [-0.1, -0.05) is 0 Å². The van der Waals surface area contributed by atoms with Crippen LogP contribution in [0.2, 0.25) is 0 Å². The first-order valence-corrected chi connectivity index (χ1v) is 7.36. The van der Waals surface area contributed by atoms with E-state index in [1.807, 2.05) is 0 Å². The fourth-order valence-electron chi connectivity index (χ4n) is 2.78. The zero-order chi connectivity index (χ0) is 16.7. The predicted molar refractivity (Wildman–Crippen MR) is 85.8 cm³/mol. The fourth-order valence-corrected chi connectivity index (χ4v) is 2.78. The van der Waals surface area contributed by atoms with Crippen molar-refractivity contribution in [1.82, 2.24) is 0 Å². The minimum absolute atomic E-state index is 0.143. The molecule has 0 aromatic heterocycles. The monoisotopic (exact) mass is 326 g/mol. The van der Waals surface area contributed by atoms with Crippen LogP contribution in [0.15, 0.2) is 36.4 Å². The van der Waals surface area contributed by atoms with Gasteiger partial charge in [0.2, 0.25) is 12.7 Å². The molecule has 7 heteroatoms. The van der Waals surface area contributed by atoms with Crippen molar-refractivity contribution in [2.45, 2.75) is 6.42 Å². The van der Waals surface area contributed by atoms with Crippen LogP contribution in [-0.2, 0) is 11.2 Å². The lowest BCUT2D eigenvalue weighted by Gasteiger charge is -2.17. The van der Waals surface area contributed by atoms with Gasteiger partial charge in [-0.2, -0.15) is 0 Å². The van der Waals surface area contributed by atoms with Gasteiger partial charge in [0.05, 0.1) is 19.2 Å². The van der Waals surface area contributed by atoms with E-state index >= 15 is 0 Å². The number of rotatable bonds is 2. The zero-order valence-electron chi connectivity index (χ0n) is 12.9. The van der Waals surface area contributed by atoms with Crippen molar-refractivity contribution in [1.29, 1.82) is 0 Å². The first-order valence-electron chi connectivity index (χ1n) is 7.36. The lowest BCUT2D eigenvalue weighted by atomic mass is 10.1. The quantitative estimate of drug-likeness (QED) is 0.918. The summed E-state index contributed by atoms with van der Waals surface area (Å²) < 4.78 is 15.7. The molecule has 7 nitrogen and oxygen atoms in total. The van der Waals surface area contributed by atoms with E-state index < -0.39 is 6.03 Å². The Labute approximate surface area is 137 Å². The van der Waals surface area contributed by atoms with E-state index in [4.69, 9.17) is 14.2 Å². The number of urea groups is 1. The molecular formula is C17H14N2O5. The van der Waals surface area contributed by atoms with Crippen molar-refractivity contribution in [2.75, 3.05) is 24.1 Å². The van der Waals surface area contributed by atoms with E-state index in [1.54, 1.807) is 43.5 Å². The molecule has 4 rings (SSSR count).